The first kappa shape index (κ1) is 21.9. The Balaban J connectivity index is 1.48. The van der Waals surface area contributed by atoms with Gasteiger partial charge in [0.05, 0.1) is 42.9 Å². The van der Waals surface area contributed by atoms with E-state index in [0.717, 1.165) is 17.0 Å². The van der Waals surface area contributed by atoms with Gasteiger partial charge in [-0.3, -0.25) is 14.8 Å². The minimum Gasteiger partial charge on any atom is -0.497 e. The predicted octanol–water partition coefficient (Wildman–Crippen LogP) is 5.19. The Kier molecular flexibility index (Phi) is 6.20. The molecule has 0 radical (unpaired) electrons. The first-order chi connectivity index (χ1) is 15.4. The average Bonchev–Trinajstić information content (AvgIpc) is 3.51. The van der Waals surface area contributed by atoms with Crippen LogP contribution in [0.25, 0.3) is 11.3 Å². The molecule has 0 unspecified atom stereocenters. The third-order valence-corrected chi connectivity index (χ3v) is 6.20. The molecule has 0 fully saturated rings. The number of carbonyl (C=O) groups excluding carboxylic acids is 1. The highest BCUT2D eigenvalue weighted by molar-refractivity contribution is 7.14. The highest BCUT2D eigenvalue weighted by Gasteiger charge is 2.17. The number of methoxy groups -OCH3 is 2. The van der Waals surface area contributed by atoms with E-state index >= 15 is 0 Å². The number of amides is 1. The van der Waals surface area contributed by atoms with Crippen molar-refractivity contribution >= 4 is 34.0 Å². The van der Waals surface area contributed by atoms with Gasteiger partial charge < -0.3 is 13.9 Å². The van der Waals surface area contributed by atoms with E-state index in [0.29, 0.717) is 39.7 Å². The topological polar surface area (TPSA) is 91.4 Å². The van der Waals surface area contributed by atoms with Crippen molar-refractivity contribution in [3.63, 3.8) is 0 Å². The van der Waals surface area contributed by atoms with E-state index in [-0.39, 0.29) is 11.7 Å². The van der Waals surface area contributed by atoms with Crippen LogP contribution in [0.1, 0.15) is 27.7 Å². The van der Waals surface area contributed by atoms with Crippen molar-refractivity contribution in [2.45, 2.75) is 20.4 Å². The standard InChI is InChI=1S/C22H21ClN4O4S/c1-12-20(23)13(2)27(26-12)10-15-6-8-19(31-15)21(28)25-22-24-17(11-32-22)16-9-14(29-3)5-7-18(16)30-4/h5-9,11H,10H2,1-4H3,(H,24,25,28). The normalized spacial score (nSPS) is 10.9. The molecule has 3 heterocycles. The van der Waals surface area contributed by atoms with Crippen LogP contribution in [-0.2, 0) is 6.54 Å². The number of hydrogen-bond donors (Lipinski definition) is 1. The number of aromatic nitrogens is 3. The summed E-state index contributed by atoms with van der Waals surface area (Å²) in [6, 6.07) is 8.83. The van der Waals surface area contributed by atoms with E-state index in [4.69, 9.17) is 25.5 Å². The van der Waals surface area contributed by atoms with Gasteiger partial charge >= 0.3 is 0 Å². The van der Waals surface area contributed by atoms with Gasteiger partial charge in [-0.1, -0.05) is 11.6 Å². The third kappa shape index (κ3) is 4.35. The Morgan fingerprint density at radius 2 is 2.03 bits per heavy atom. The number of furan rings is 1. The van der Waals surface area contributed by atoms with Crippen LogP contribution in [-0.4, -0.2) is 34.9 Å². The highest BCUT2D eigenvalue weighted by Crippen LogP contribution is 2.35. The Morgan fingerprint density at radius 1 is 1.22 bits per heavy atom. The molecular formula is C22H21ClN4O4S. The molecule has 10 heteroatoms. The fraction of sp³-hybridized carbons (Fsp3) is 0.227. The summed E-state index contributed by atoms with van der Waals surface area (Å²) >= 11 is 7.50. The van der Waals surface area contributed by atoms with E-state index in [2.05, 4.69) is 15.4 Å². The first-order valence-electron chi connectivity index (χ1n) is 9.67. The molecule has 0 aliphatic carbocycles. The molecule has 0 saturated carbocycles. The zero-order valence-corrected chi connectivity index (χ0v) is 19.5. The monoisotopic (exact) mass is 472 g/mol. The summed E-state index contributed by atoms with van der Waals surface area (Å²) in [5.74, 6) is 1.74. The van der Waals surface area contributed by atoms with Gasteiger partial charge in [-0.15, -0.1) is 11.3 Å². The molecule has 0 aliphatic heterocycles. The number of aryl methyl sites for hydroxylation is 1. The van der Waals surface area contributed by atoms with Crippen molar-refractivity contribution in [3.8, 4) is 22.8 Å². The van der Waals surface area contributed by atoms with Crippen LogP contribution >= 0.6 is 22.9 Å². The van der Waals surface area contributed by atoms with Crippen LogP contribution in [0, 0.1) is 13.8 Å². The van der Waals surface area contributed by atoms with Gasteiger partial charge in [-0.05, 0) is 44.2 Å². The maximum atomic E-state index is 12.6. The van der Waals surface area contributed by atoms with Gasteiger partial charge in [0.2, 0.25) is 0 Å². The lowest BCUT2D eigenvalue weighted by atomic mass is 10.1. The fourth-order valence-electron chi connectivity index (χ4n) is 3.19. The number of halogens is 1. The summed E-state index contributed by atoms with van der Waals surface area (Å²) in [6.07, 6.45) is 0. The molecule has 0 saturated heterocycles. The summed E-state index contributed by atoms with van der Waals surface area (Å²) in [6.45, 7) is 4.11. The number of anilines is 1. The van der Waals surface area contributed by atoms with Crippen LogP contribution < -0.4 is 14.8 Å². The van der Waals surface area contributed by atoms with E-state index in [1.165, 1.54) is 11.3 Å². The summed E-state index contributed by atoms with van der Waals surface area (Å²) in [5.41, 5.74) is 3.03. The lowest BCUT2D eigenvalue weighted by Gasteiger charge is -2.08. The predicted molar refractivity (Wildman–Crippen MR) is 123 cm³/mol. The second-order valence-corrected chi connectivity index (χ2v) is 8.20. The highest BCUT2D eigenvalue weighted by atomic mass is 35.5. The molecule has 3 aromatic heterocycles. The largest absolute Gasteiger partial charge is 0.497 e. The Labute approximate surface area is 193 Å². The van der Waals surface area contributed by atoms with E-state index < -0.39 is 0 Å². The minimum absolute atomic E-state index is 0.184. The molecule has 4 aromatic rings. The van der Waals surface area contributed by atoms with Crippen LogP contribution in [0.3, 0.4) is 0 Å². The van der Waals surface area contributed by atoms with Crippen molar-refractivity contribution in [2.24, 2.45) is 0 Å². The number of ether oxygens (including phenoxy) is 2. The van der Waals surface area contributed by atoms with Gasteiger partial charge in [0.1, 0.15) is 17.3 Å². The van der Waals surface area contributed by atoms with Crippen molar-refractivity contribution in [3.05, 3.63) is 63.6 Å². The maximum Gasteiger partial charge on any atom is 0.293 e. The van der Waals surface area contributed by atoms with E-state index in [1.807, 2.05) is 37.4 Å². The molecule has 1 aromatic carbocycles. The minimum atomic E-state index is -0.388. The van der Waals surface area contributed by atoms with Gasteiger partial charge in [-0.2, -0.15) is 5.10 Å². The average molecular weight is 473 g/mol. The zero-order chi connectivity index (χ0) is 22.8. The van der Waals surface area contributed by atoms with Crippen LogP contribution in [0.5, 0.6) is 11.5 Å². The number of rotatable bonds is 7. The second kappa shape index (κ2) is 9.05. The molecule has 4 rings (SSSR count). The Hall–Kier alpha value is -3.30. The number of hydrogen-bond acceptors (Lipinski definition) is 7. The van der Waals surface area contributed by atoms with E-state index in [1.54, 1.807) is 31.0 Å². The molecule has 32 heavy (non-hydrogen) atoms. The van der Waals surface area contributed by atoms with Gasteiger partial charge in [0, 0.05) is 10.9 Å². The maximum absolute atomic E-state index is 12.6. The second-order valence-electron chi connectivity index (χ2n) is 6.97. The van der Waals surface area contributed by atoms with Crippen molar-refractivity contribution in [1.82, 2.24) is 14.8 Å². The molecule has 0 aliphatic rings. The zero-order valence-electron chi connectivity index (χ0n) is 17.9. The lowest BCUT2D eigenvalue weighted by molar-refractivity contribution is 0.0994. The smallest absolute Gasteiger partial charge is 0.293 e. The summed E-state index contributed by atoms with van der Waals surface area (Å²) in [7, 11) is 3.19. The number of nitrogens with one attached hydrogen (secondary N) is 1. The molecule has 166 valence electrons. The lowest BCUT2D eigenvalue weighted by Crippen LogP contribution is -2.10. The van der Waals surface area contributed by atoms with Gasteiger partial charge in [0.15, 0.2) is 10.9 Å². The third-order valence-electron chi connectivity index (χ3n) is 4.89. The molecule has 0 bridgehead atoms. The fourth-order valence-corrected chi connectivity index (χ4v) is 4.03. The van der Waals surface area contributed by atoms with Crippen LogP contribution in [0.4, 0.5) is 5.13 Å². The summed E-state index contributed by atoms with van der Waals surface area (Å²) in [5, 5.41) is 10.1. The molecule has 1 amide bonds. The van der Waals surface area contributed by atoms with Crippen LogP contribution in [0.15, 0.2) is 40.1 Å². The summed E-state index contributed by atoms with van der Waals surface area (Å²) in [4.78, 5) is 17.2. The number of thiazole rings is 1. The molecule has 0 atom stereocenters. The van der Waals surface area contributed by atoms with Gasteiger partial charge in [-0.25, -0.2) is 4.98 Å². The molecular weight excluding hydrogens is 452 g/mol. The first-order valence-corrected chi connectivity index (χ1v) is 10.9. The van der Waals surface area contributed by atoms with Crippen molar-refractivity contribution in [2.75, 3.05) is 19.5 Å². The quantitative estimate of drug-likeness (QED) is 0.398. The summed E-state index contributed by atoms with van der Waals surface area (Å²) < 4.78 is 18.2. The molecule has 1 N–H and O–H groups in total. The number of carbonyl (C=O) groups is 1. The van der Waals surface area contributed by atoms with Crippen LogP contribution in [0.2, 0.25) is 5.02 Å². The Morgan fingerprint density at radius 3 is 2.72 bits per heavy atom. The van der Waals surface area contributed by atoms with Crippen molar-refractivity contribution < 1.29 is 18.7 Å². The number of benzene rings is 1. The van der Waals surface area contributed by atoms with Crippen molar-refractivity contribution in [1.29, 1.82) is 0 Å². The Bertz CT molecular complexity index is 1280. The van der Waals surface area contributed by atoms with Gasteiger partial charge in [0.25, 0.3) is 5.91 Å². The van der Waals surface area contributed by atoms with E-state index in [9.17, 15) is 4.79 Å². The molecule has 8 nitrogen and oxygen atoms in total. The SMILES string of the molecule is COc1ccc(OC)c(-c2csc(NC(=O)c3ccc(Cn4nc(C)c(Cl)c4C)o3)n2)c1. The molecule has 0 spiro atoms. The number of nitrogens with zero attached hydrogens (tertiary/aromatic N) is 3.